The molecule has 0 radical (unpaired) electrons. The lowest BCUT2D eigenvalue weighted by molar-refractivity contribution is -0.139. The van der Waals surface area contributed by atoms with Crippen molar-refractivity contribution in [3.05, 3.63) is 71.8 Å². The van der Waals surface area contributed by atoms with Crippen LogP contribution in [0.25, 0.3) is 11.3 Å². The number of nitrogens with one attached hydrogen (secondary N) is 1. The molecule has 0 bridgehead atoms. The van der Waals surface area contributed by atoms with Gasteiger partial charge in [0.15, 0.2) is 5.82 Å². The fourth-order valence-electron chi connectivity index (χ4n) is 4.35. The first-order valence-electron chi connectivity index (χ1n) is 10.9. The summed E-state index contributed by atoms with van der Waals surface area (Å²) in [7, 11) is 0. The van der Waals surface area contributed by atoms with Gasteiger partial charge in [0.1, 0.15) is 0 Å². The third-order valence-corrected chi connectivity index (χ3v) is 6.11. The number of carboxylic acid groups (broad SMARTS) is 1. The van der Waals surface area contributed by atoms with Crippen molar-refractivity contribution in [2.24, 2.45) is 5.92 Å². The van der Waals surface area contributed by atoms with Crippen molar-refractivity contribution in [2.45, 2.75) is 44.2 Å². The Morgan fingerprint density at radius 1 is 0.970 bits per heavy atom. The van der Waals surface area contributed by atoms with E-state index in [1.54, 1.807) is 18.2 Å². The van der Waals surface area contributed by atoms with Crippen LogP contribution >= 0.6 is 0 Å². The zero-order valence-electron chi connectivity index (χ0n) is 17.8. The minimum Gasteiger partial charge on any atom is -0.481 e. The Labute approximate surface area is 189 Å². The molecule has 0 atom stereocenters. The number of aliphatic carboxylic acids is 1. The lowest BCUT2D eigenvalue weighted by Crippen LogP contribution is -2.16. The Hall–Kier alpha value is -3.42. The standard InChI is InChI=1S/C25H24F3N3O2/c26-25(27,28)20-2-1-3-21(15-20)29-23-13-12-22(30-31-23)19-10-8-18(9-11-19)17-6-4-16(5-7-17)14-24(32)33/h1-3,8-13,15-17H,4-7,14H2,(H,29,31)(H,32,33). The highest BCUT2D eigenvalue weighted by Gasteiger charge is 2.30. The highest BCUT2D eigenvalue weighted by Crippen LogP contribution is 2.37. The number of hydrogen-bond donors (Lipinski definition) is 2. The minimum atomic E-state index is -4.41. The van der Waals surface area contributed by atoms with Gasteiger partial charge in [-0.15, -0.1) is 10.2 Å². The summed E-state index contributed by atoms with van der Waals surface area (Å²) in [6.45, 7) is 0. The van der Waals surface area contributed by atoms with Crippen LogP contribution in [-0.2, 0) is 11.0 Å². The van der Waals surface area contributed by atoms with Gasteiger partial charge in [-0.1, -0.05) is 30.3 Å². The van der Waals surface area contributed by atoms with E-state index in [1.165, 1.54) is 11.6 Å². The van der Waals surface area contributed by atoms with Gasteiger partial charge in [0.05, 0.1) is 11.3 Å². The summed E-state index contributed by atoms with van der Waals surface area (Å²) < 4.78 is 38.6. The highest BCUT2D eigenvalue weighted by atomic mass is 19.4. The molecule has 0 aliphatic heterocycles. The Bertz CT molecular complexity index is 1090. The number of carbonyl (C=O) groups is 1. The van der Waals surface area contributed by atoms with E-state index in [-0.39, 0.29) is 18.0 Å². The molecule has 0 unspecified atom stereocenters. The van der Waals surface area contributed by atoms with Gasteiger partial charge in [-0.2, -0.15) is 13.2 Å². The molecule has 33 heavy (non-hydrogen) atoms. The number of benzene rings is 2. The van der Waals surface area contributed by atoms with E-state index in [0.29, 0.717) is 17.4 Å². The summed E-state index contributed by atoms with van der Waals surface area (Å²) in [6.07, 6.45) is -0.296. The largest absolute Gasteiger partial charge is 0.481 e. The van der Waals surface area contributed by atoms with Crippen LogP contribution in [0.4, 0.5) is 24.7 Å². The average Bonchev–Trinajstić information content (AvgIpc) is 2.80. The van der Waals surface area contributed by atoms with Crippen molar-refractivity contribution in [1.29, 1.82) is 0 Å². The zero-order valence-corrected chi connectivity index (χ0v) is 17.8. The number of carboxylic acids is 1. The predicted octanol–water partition coefficient (Wildman–Crippen LogP) is 6.65. The van der Waals surface area contributed by atoms with Crippen LogP contribution in [0.5, 0.6) is 0 Å². The summed E-state index contributed by atoms with van der Waals surface area (Å²) >= 11 is 0. The molecule has 2 N–H and O–H groups in total. The fraction of sp³-hybridized carbons (Fsp3) is 0.320. The van der Waals surface area contributed by atoms with Crippen molar-refractivity contribution >= 4 is 17.5 Å². The number of anilines is 2. The molecule has 5 nitrogen and oxygen atoms in total. The first kappa shape index (κ1) is 22.8. The number of rotatable bonds is 6. The molecule has 0 spiro atoms. The van der Waals surface area contributed by atoms with E-state index in [1.807, 2.05) is 12.1 Å². The molecule has 2 aromatic carbocycles. The molecule has 1 heterocycles. The van der Waals surface area contributed by atoms with Gasteiger partial charge >= 0.3 is 12.1 Å². The van der Waals surface area contributed by atoms with E-state index >= 15 is 0 Å². The van der Waals surface area contributed by atoms with Gasteiger partial charge in [0.25, 0.3) is 0 Å². The van der Waals surface area contributed by atoms with Gasteiger partial charge in [-0.05, 0) is 73.4 Å². The molecule has 3 aromatic rings. The molecule has 0 amide bonds. The second-order valence-corrected chi connectivity index (χ2v) is 8.44. The van der Waals surface area contributed by atoms with Crippen LogP contribution in [-0.4, -0.2) is 21.3 Å². The topological polar surface area (TPSA) is 75.1 Å². The predicted molar refractivity (Wildman–Crippen MR) is 119 cm³/mol. The van der Waals surface area contributed by atoms with Gasteiger partial charge in [-0.25, -0.2) is 0 Å². The monoisotopic (exact) mass is 455 g/mol. The van der Waals surface area contributed by atoms with Crippen molar-refractivity contribution in [1.82, 2.24) is 10.2 Å². The van der Waals surface area contributed by atoms with Crippen LogP contribution in [0.2, 0.25) is 0 Å². The fourth-order valence-corrected chi connectivity index (χ4v) is 4.35. The molecular weight excluding hydrogens is 431 g/mol. The summed E-state index contributed by atoms with van der Waals surface area (Å²) in [6, 6.07) is 16.5. The van der Waals surface area contributed by atoms with E-state index in [9.17, 15) is 18.0 Å². The maximum Gasteiger partial charge on any atom is 0.416 e. The summed E-state index contributed by atoms with van der Waals surface area (Å²) in [4.78, 5) is 10.9. The van der Waals surface area contributed by atoms with Crippen molar-refractivity contribution in [3.63, 3.8) is 0 Å². The SMILES string of the molecule is O=C(O)CC1CCC(c2ccc(-c3ccc(Nc4cccc(C(F)(F)F)c4)nn3)cc2)CC1. The van der Waals surface area contributed by atoms with Crippen LogP contribution in [0.15, 0.2) is 60.7 Å². The molecule has 0 saturated heterocycles. The number of nitrogens with zero attached hydrogens (tertiary/aromatic N) is 2. The lowest BCUT2D eigenvalue weighted by atomic mass is 9.77. The third kappa shape index (κ3) is 5.88. The molecular formula is C25H24F3N3O2. The van der Waals surface area contributed by atoms with E-state index in [4.69, 9.17) is 5.11 Å². The number of aromatic nitrogens is 2. The first-order valence-corrected chi connectivity index (χ1v) is 10.9. The van der Waals surface area contributed by atoms with E-state index < -0.39 is 17.7 Å². The Morgan fingerprint density at radius 2 is 1.70 bits per heavy atom. The van der Waals surface area contributed by atoms with Crippen LogP contribution in [0.1, 0.15) is 49.1 Å². The van der Waals surface area contributed by atoms with E-state index in [2.05, 4.69) is 27.6 Å². The first-order chi connectivity index (χ1) is 15.8. The van der Waals surface area contributed by atoms with Crippen LogP contribution in [0.3, 0.4) is 0 Å². The van der Waals surface area contributed by atoms with Crippen LogP contribution < -0.4 is 5.32 Å². The summed E-state index contributed by atoms with van der Waals surface area (Å²) in [5.74, 6) is 0.346. The van der Waals surface area contributed by atoms with Gasteiger partial charge in [-0.3, -0.25) is 4.79 Å². The maximum absolute atomic E-state index is 12.9. The normalized spacial score (nSPS) is 18.6. The molecule has 172 valence electrons. The number of alkyl halides is 3. The van der Waals surface area contributed by atoms with Gasteiger partial charge in [0.2, 0.25) is 0 Å². The number of halogens is 3. The van der Waals surface area contributed by atoms with Crippen molar-refractivity contribution < 1.29 is 23.1 Å². The smallest absolute Gasteiger partial charge is 0.416 e. The minimum absolute atomic E-state index is 0.253. The van der Waals surface area contributed by atoms with Crippen molar-refractivity contribution in [3.8, 4) is 11.3 Å². The third-order valence-electron chi connectivity index (χ3n) is 6.11. The second kappa shape index (κ2) is 9.60. The summed E-state index contributed by atoms with van der Waals surface area (Å²) in [5.41, 5.74) is 2.36. The molecule has 1 saturated carbocycles. The van der Waals surface area contributed by atoms with Gasteiger partial charge < -0.3 is 10.4 Å². The molecule has 8 heteroatoms. The molecule has 1 fully saturated rings. The highest BCUT2D eigenvalue weighted by molar-refractivity contribution is 5.67. The maximum atomic E-state index is 12.9. The average molecular weight is 455 g/mol. The van der Waals surface area contributed by atoms with Crippen LogP contribution in [0, 0.1) is 5.92 Å². The molecule has 1 aromatic heterocycles. The number of hydrogen-bond acceptors (Lipinski definition) is 4. The summed E-state index contributed by atoms with van der Waals surface area (Å²) in [5, 5.41) is 20.1. The Morgan fingerprint density at radius 3 is 2.30 bits per heavy atom. The Balaban J connectivity index is 1.38. The van der Waals surface area contributed by atoms with Crippen molar-refractivity contribution in [2.75, 3.05) is 5.32 Å². The zero-order chi connectivity index (χ0) is 23.4. The van der Waals surface area contributed by atoms with E-state index in [0.717, 1.165) is 43.4 Å². The lowest BCUT2D eigenvalue weighted by Gasteiger charge is -2.28. The molecule has 4 rings (SSSR count). The molecule has 1 aliphatic rings. The molecule has 1 aliphatic carbocycles. The van der Waals surface area contributed by atoms with Gasteiger partial charge in [0, 0.05) is 17.7 Å². The quantitative estimate of drug-likeness (QED) is 0.435. The second-order valence-electron chi connectivity index (χ2n) is 8.44. The Kier molecular flexibility index (Phi) is 6.62.